The molecular formula is C12H23N5O3S. The predicted octanol–water partition coefficient (Wildman–Crippen LogP) is 1.35. The molecule has 120 valence electrons. The van der Waals surface area contributed by atoms with Crippen LogP contribution in [-0.4, -0.2) is 36.3 Å². The number of nitro benzene ring substituents is 1. The summed E-state index contributed by atoms with van der Waals surface area (Å²) in [7, 11) is 0. The van der Waals surface area contributed by atoms with Gasteiger partial charge in [-0.3, -0.25) is 10.1 Å². The largest absolute Gasteiger partial charge is 0.399 e. The molecule has 1 rings (SSSR count). The molecule has 1 aromatic carbocycles. The first-order valence-corrected chi connectivity index (χ1v) is 7.47. The molecule has 8 nitrogen and oxygen atoms in total. The predicted molar refractivity (Wildman–Crippen MR) is 88.0 cm³/mol. The van der Waals surface area contributed by atoms with E-state index in [1.807, 2.05) is 13.8 Å². The number of hydrogen-bond donors (Lipinski definition) is 5. The van der Waals surface area contributed by atoms with Crippen molar-refractivity contribution in [3.8, 4) is 0 Å². The van der Waals surface area contributed by atoms with Gasteiger partial charge in [0.05, 0.1) is 11.5 Å². The fraction of sp³-hybridized carbons (Fsp3) is 0.500. The number of rotatable bonds is 9. The Kier molecular flexibility index (Phi) is 11.3. The van der Waals surface area contributed by atoms with Gasteiger partial charge in [0.1, 0.15) is 5.69 Å². The van der Waals surface area contributed by atoms with Crippen molar-refractivity contribution in [1.82, 2.24) is 9.44 Å². The van der Waals surface area contributed by atoms with Crippen LogP contribution >= 0.6 is 12.1 Å². The minimum absolute atomic E-state index is 0.0361. The van der Waals surface area contributed by atoms with Gasteiger partial charge in [0, 0.05) is 43.5 Å². The molecule has 0 radical (unpaired) electrons. The first-order chi connectivity index (χ1) is 10.1. The zero-order chi connectivity index (χ0) is 16.1. The lowest BCUT2D eigenvalue weighted by Gasteiger charge is -2.08. The Hall–Kier alpha value is -1.55. The Morgan fingerprint density at radius 1 is 1.29 bits per heavy atom. The van der Waals surface area contributed by atoms with Gasteiger partial charge in [0.15, 0.2) is 0 Å². The summed E-state index contributed by atoms with van der Waals surface area (Å²) in [5.41, 5.74) is 6.27. The maximum absolute atomic E-state index is 10.8. The molecule has 21 heavy (non-hydrogen) atoms. The number of nitrogens with two attached hydrogens (primary N) is 1. The number of benzene rings is 1. The molecule has 0 saturated heterocycles. The molecule has 0 aliphatic carbocycles. The van der Waals surface area contributed by atoms with Gasteiger partial charge in [0.2, 0.25) is 0 Å². The van der Waals surface area contributed by atoms with E-state index in [4.69, 9.17) is 10.8 Å². The Morgan fingerprint density at radius 3 is 2.57 bits per heavy atom. The van der Waals surface area contributed by atoms with Crippen molar-refractivity contribution in [3.63, 3.8) is 0 Å². The SMILES string of the molecule is CC.Nc1ccc(NCCNSNCCO)c([N+](=O)[O-])c1. The van der Waals surface area contributed by atoms with Gasteiger partial charge in [-0.05, 0) is 12.1 Å². The third-order valence-electron chi connectivity index (χ3n) is 2.12. The minimum atomic E-state index is -0.469. The molecule has 0 atom stereocenters. The third kappa shape index (κ3) is 8.35. The van der Waals surface area contributed by atoms with Crippen LogP contribution in [0.1, 0.15) is 13.8 Å². The fourth-order valence-corrected chi connectivity index (χ4v) is 1.80. The van der Waals surface area contributed by atoms with Gasteiger partial charge in [-0.1, -0.05) is 13.8 Å². The smallest absolute Gasteiger partial charge is 0.294 e. The topological polar surface area (TPSA) is 125 Å². The van der Waals surface area contributed by atoms with Crippen LogP contribution in [-0.2, 0) is 0 Å². The molecule has 0 amide bonds. The van der Waals surface area contributed by atoms with E-state index in [0.29, 0.717) is 31.0 Å². The quantitative estimate of drug-likeness (QED) is 0.152. The molecule has 0 aliphatic heterocycles. The summed E-state index contributed by atoms with van der Waals surface area (Å²) in [4.78, 5) is 10.4. The molecule has 0 bridgehead atoms. The summed E-state index contributed by atoms with van der Waals surface area (Å²) in [6.45, 7) is 5.70. The summed E-state index contributed by atoms with van der Waals surface area (Å²) in [5, 5.41) is 22.3. The van der Waals surface area contributed by atoms with Crippen molar-refractivity contribution in [2.45, 2.75) is 13.8 Å². The van der Waals surface area contributed by atoms with Crippen LogP contribution < -0.4 is 20.5 Å². The van der Waals surface area contributed by atoms with Crippen LogP contribution in [0.3, 0.4) is 0 Å². The maximum atomic E-state index is 10.8. The number of aliphatic hydroxyl groups excluding tert-OH is 1. The number of nitrogens with zero attached hydrogens (tertiary/aromatic N) is 1. The molecule has 0 fully saturated rings. The second-order valence-electron chi connectivity index (χ2n) is 3.57. The van der Waals surface area contributed by atoms with Crippen molar-refractivity contribution in [3.05, 3.63) is 28.3 Å². The van der Waals surface area contributed by atoms with E-state index in [0.717, 1.165) is 0 Å². The number of nitrogens with one attached hydrogen (secondary N) is 3. The molecule has 0 unspecified atom stereocenters. The third-order valence-corrected chi connectivity index (χ3v) is 2.82. The van der Waals surface area contributed by atoms with Gasteiger partial charge < -0.3 is 16.2 Å². The van der Waals surface area contributed by atoms with Gasteiger partial charge in [-0.2, -0.15) is 0 Å². The second kappa shape index (κ2) is 12.2. The van der Waals surface area contributed by atoms with Crippen LogP contribution in [0.5, 0.6) is 0 Å². The standard InChI is InChI=1S/C10H17N5O3S.C2H6/c11-8-1-2-9(10(7-8)15(17)18)12-3-4-13-19-14-5-6-16;1-2/h1-2,7,12-14,16H,3-6,11H2;1-2H3. The van der Waals surface area contributed by atoms with Crippen molar-refractivity contribution in [2.24, 2.45) is 0 Å². The van der Waals surface area contributed by atoms with E-state index in [9.17, 15) is 10.1 Å². The lowest BCUT2D eigenvalue weighted by molar-refractivity contribution is -0.383. The second-order valence-corrected chi connectivity index (χ2v) is 4.36. The Labute approximate surface area is 128 Å². The summed E-state index contributed by atoms with van der Waals surface area (Å²) < 4.78 is 5.86. The Morgan fingerprint density at radius 2 is 1.95 bits per heavy atom. The monoisotopic (exact) mass is 317 g/mol. The van der Waals surface area contributed by atoms with Crippen LogP contribution in [0.4, 0.5) is 17.1 Å². The summed E-state index contributed by atoms with van der Waals surface area (Å²) in [6.07, 6.45) is 0. The van der Waals surface area contributed by atoms with Gasteiger partial charge in [-0.15, -0.1) is 0 Å². The first kappa shape index (κ1) is 19.4. The van der Waals surface area contributed by atoms with Crippen molar-refractivity contribution >= 4 is 29.2 Å². The number of anilines is 2. The summed E-state index contributed by atoms with van der Waals surface area (Å²) in [5.74, 6) is 0. The zero-order valence-electron chi connectivity index (χ0n) is 12.3. The number of nitrogen functional groups attached to an aromatic ring is 1. The zero-order valence-corrected chi connectivity index (χ0v) is 13.1. The average molecular weight is 317 g/mol. The number of aliphatic hydroxyl groups is 1. The van der Waals surface area contributed by atoms with Gasteiger partial charge in [-0.25, -0.2) is 9.44 Å². The Balaban J connectivity index is 0.00000191. The molecule has 1 aromatic rings. The Bertz CT molecular complexity index is 420. The van der Waals surface area contributed by atoms with Crippen LogP contribution in [0, 0.1) is 10.1 Å². The molecule has 0 heterocycles. The van der Waals surface area contributed by atoms with Crippen molar-refractivity contribution < 1.29 is 10.0 Å². The van der Waals surface area contributed by atoms with Crippen molar-refractivity contribution in [2.75, 3.05) is 37.3 Å². The highest BCUT2D eigenvalue weighted by Crippen LogP contribution is 2.26. The number of nitro groups is 1. The highest BCUT2D eigenvalue weighted by molar-refractivity contribution is 7.95. The number of hydrogen-bond acceptors (Lipinski definition) is 8. The van der Waals surface area contributed by atoms with E-state index >= 15 is 0 Å². The van der Waals surface area contributed by atoms with E-state index in [1.165, 1.54) is 18.2 Å². The van der Waals surface area contributed by atoms with E-state index in [-0.39, 0.29) is 12.3 Å². The molecule has 6 N–H and O–H groups in total. The molecule has 0 aromatic heterocycles. The minimum Gasteiger partial charge on any atom is -0.399 e. The maximum Gasteiger partial charge on any atom is 0.294 e. The molecule has 9 heteroatoms. The molecule has 0 saturated carbocycles. The van der Waals surface area contributed by atoms with Crippen molar-refractivity contribution in [1.29, 1.82) is 0 Å². The normalized spacial score (nSPS) is 9.67. The van der Waals surface area contributed by atoms with E-state index < -0.39 is 4.92 Å². The highest BCUT2D eigenvalue weighted by atomic mass is 32.2. The lowest BCUT2D eigenvalue weighted by Crippen LogP contribution is -2.22. The first-order valence-electron chi connectivity index (χ1n) is 6.65. The molecule has 0 spiro atoms. The van der Waals surface area contributed by atoms with Gasteiger partial charge >= 0.3 is 0 Å². The van der Waals surface area contributed by atoms with Gasteiger partial charge in [0.25, 0.3) is 5.69 Å². The highest BCUT2D eigenvalue weighted by Gasteiger charge is 2.13. The molecular weight excluding hydrogens is 294 g/mol. The summed E-state index contributed by atoms with van der Waals surface area (Å²) in [6, 6.07) is 4.53. The van der Waals surface area contributed by atoms with Crippen LogP contribution in [0.25, 0.3) is 0 Å². The van der Waals surface area contributed by atoms with Crippen LogP contribution in [0.2, 0.25) is 0 Å². The molecule has 0 aliphatic rings. The van der Waals surface area contributed by atoms with E-state index in [1.54, 1.807) is 12.1 Å². The summed E-state index contributed by atoms with van der Waals surface area (Å²) >= 11 is 1.27. The van der Waals surface area contributed by atoms with Crippen LogP contribution in [0.15, 0.2) is 18.2 Å². The lowest BCUT2D eigenvalue weighted by atomic mass is 10.2. The average Bonchev–Trinajstić information content (AvgIpc) is 2.49. The fourth-order valence-electron chi connectivity index (χ4n) is 1.30. The van der Waals surface area contributed by atoms with E-state index in [2.05, 4.69) is 14.8 Å².